The maximum absolute atomic E-state index is 12.1. The molecule has 0 bridgehead atoms. The number of halogens is 2. The predicted molar refractivity (Wildman–Crippen MR) is 101 cm³/mol. The van der Waals surface area contributed by atoms with Gasteiger partial charge in [-0.25, -0.2) is 18.1 Å². The van der Waals surface area contributed by atoms with Gasteiger partial charge >= 0.3 is 0 Å². The van der Waals surface area contributed by atoms with Crippen molar-refractivity contribution in [3.63, 3.8) is 0 Å². The van der Waals surface area contributed by atoms with Crippen LogP contribution in [0.4, 0.5) is 0 Å². The lowest BCUT2D eigenvalue weighted by atomic mass is 10.4. The van der Waals surface area contributed by atoms with Crippen molar-refractivity contribution in [2.45, 2.75) is 11.3 Å². The lowest BCUT2D eigenvalue weighted by molar-refractivity contribution is 0.0950. The van der Waals surface area contributed by atoms with Crippen molar-refractivity contribution in [3.05, 3.63) is 45.4 Å². The second kappa shape index (κ2) is 10.0. The van der Waals surface area contributed by atoms with E-state index in [9.17, 15) is 13.2 Å². The molecule has 0 saturated carbocycles. The Balaban J connectivity index is 0.00000312. The molecule has 1 amide bonds. The number of aromatic nitrogens is 1. The number of carbonyl (C=O) groups excluding carboxylic acids is 1. The van der Waals surface area contributed by atoms with Crippen molar-refractivity contribution in [3.8, 4) is 0 Å². The zero-order valence-electron chi connectivity index (χ0n) is 13.1. The molecule has 0 atom stereocenters. The largest absolute Gasteiger partial charge is 0.349 e. The highest BCUT2D eigenvalue weighted by molar-refractivity contribution is 7.89. The Bertz CT molecular complexity index is 812. The minimum Gasteiger partial charge on any atom is -0.349 e. The van der Waals surface area contributed by atoms with Crippen LogP contribution in [0, 0.1) is 0 Å². The van der Waals surface area contributed by atoms with Gasteiger partial charge in [0.1, 0.15) is 5.69 Å². The number of hydrogen-bond acceptors (Lipinski definition) is 6. The number of carbonyl (C=O) groups is 1. The highest BCUT2D eigenvalue weighted by Gasteiger charge is 2.14. The number of nitrogens with one attached hydrogen (secondary N) is 2. The third-order valence-corrected chi connectivity index (χ3v) is 5.55. The van der Waals surface area contributed by atoms with Crippen molar-refractivity contribution in [1.82, 2.24) is 15.0 Å². The molecular weight excluding hydrogens is 407 g/mol. The van der Waals surface area contributed by atoms with Gasteiger partial charge in [0.15, 0.2) is 0 Å². The summed E-state index contributed by atoms with van der Waals surface area (Å²) in [5, 5.41) is 5.39. The SMILES string of the molecule is Cl.NCCc1nc(C(=O)NCCNS(=O)(=O)c2cccc(Cl)c2)cs1. The minimum absolute atomic E-state index is 0. The molecular formula is C14H18Cl2N4O3S2. The maximum atomic E-state index is 12.1. The Morgan fingerprint density at radius 3 is 2.76 bits per heavy atom. The molecule has 25 heavy (non-hydrogen) atoms. The fourth-order valence-corrected chi connectivity index (χ4v) is 3.95. The summed E-state index contributed by atoms with van der Waals surface area (Å²) in [7, 11) is -3.66. The Kier molecular flexibility index (Phi) is 8.77. The van der Waals surface area contributed by atoms with Gasteiger partial charge in [-0.1, -0.05) is 17.7 Å². The third kappa shape index (κ3) is 6.53. The molecule has 0 radical (unpaired) electrons. The van der Waals surface area contributed by atoms with E-state index in [0.717, 1.165) is 5.01 Å². The van der Waals surface area contributed by atoms with E-state index in [1.807, 2.05) is 0 Å². The van der Waals surface area contributed by atoms with Crippen LogP contribution in [-0.4, -0.2) is 38.9 Å². The molecule has 11 heteroatoms. The lowest BCUT2D eigenvalue weighted by Gasteiger charge is -2.07. The number of thiazole rings is 1. The average Bonchev–Trinajstić information content (AvgIpc) is 3.00. The number of sulfonamides is 1. The van der Waals surface area contributed by atoms with Gasteiger partial charge in [-0.15, -0.1) is 23.7 Å². The summed E-state index contributed by atoms with van der Waals surface area (Å²) in [6, 6.07) is 5.95. The van der Waals surface area contributed by atoms with Gasteiger partial charge in [0, 0.05) is 29.9 Å². The molecule has 138 valence electrons. The van der Waals surface area contributed by atoms with Gasteiger partial charge < -0.3 is 11.1 Å². The first kappa shape index (κ1) is 21.8. The van der Waals surface area contributed by atoms with Gasteiger partial charge in [0.25, 0.3) is 5.91 Å². The van der Waals surface area contributed by atoms with Gasteiger partial charge in [-0.05, 0) is 24.7 Å². The fourth-order valence-electron chi connectivity index (χ4n) is 1.82. The summed E-state index contributed by atoms with van der Waals surface area (Å²) < 4.78 is 26.5. The topological polar surface area (TPSA) is 114 Å². The van der Waals surface area contributed by atoms with Crippen LogP contribution in [-0.2, 0) is 16.4 Å². The molecule has 0 saturated heterocycles. The molecule has 1 heterocycles. The Morgan fingerprint density at radius 2 is 2.08 bits per heavy atom. The first-order valence-electron chi connectivity index (χ1n) is 7.10. The highest BCUT2D eigenvalue weighted by atomic mass is 35.5. The van der Waals surface area contributed by atoms with Gasteiger partial charge in [-0.3, -0.25) is 4.79 Å². The first-order chi connectivity index (χ1) is 11.4. The molecule has 1 aromatic carbocycles. The molecule has 2 aromatic rings. The van der Waals surface area contributed by atoms with E-state index >= 15 is 0 Å². The quantitative estimate of drug-likeness (QED) is 0.554. The second-order valence-corrected chi connectivity index (χ2v) is 7.92. The number of nitrogens with zero attached hydrogens (tertiary/aromatic N) is 1. The van der Waals surface area contributed by atoms with E-state index < -0.39 is 10.0 Å². The van der Waals surface area contributed by atoms with Crippen LogP contribution in [0.2, 0.25) is 5.02 Å². The van der Waals surface area contributed by atoms with Gasteiger partial charge in [0.05, 0.1) is 9.90 Å². The molecule has 1 aromatic heterocycles. The number of nitrogens with two attached hydrogens (primary N) is 1. The zero-order valence-corrected chi connectivity index (χ0v) is 16.3. The summed E-state index contributed by atoms with van der Waals surface area (Å²) in [6.07, 6.45) is 0.622. The number of rotatable bonds is 8. The van der Waals surface area contributed by atoms with Crippen molar-refractivity contribution >= 4 is 51.3 Å². The van der Waals surface area contributed by atoms with E-state index in [-0.39, 0.29) is 36.3 Å². The summed E-state index contributed by atoms with van der Waals surface area (Å²) in [5.41, 5.74) is 5.74. The molecule has 0 unspecified atom stereocenters. The van der Waals surface area contributed by atoms with Crippen molar-refractivity contribution < 1.29 is 13.2 Å². The van der Waals surface area contributed by atoms with Crippen LogP contribution in [0.1, 0.15) is 15.5 Å². The summed E-state index contributed by atoms with van der Waals surface area (Å²) in [5.74, 6) is -0.350. The first-order valence-corrected chi connectivity index (χ1v) is 9.84. The van der Waals surface area contributed by atoms with Crippen LogP contribution < -0.4 is 15.8 Å². The molecule has 2 rings (SSSR count). The fraction of sp³-hybridized carbons (Fsp3) is 0.286. The molecule has 0 spiro atoms. The van der Waals surface area contributed by atoms with Crippen LogP contribution in [0.25, 0.3) is 0 Å². The molecule has 0 aliphatic rings. The van der Waals surface area contributed by atoms with Crippen LogP contribution in [0.15, 0.2) is 34.5 Å². The van der Waals surface area contributed by atoms with Gasteiger partial charge in [0.2, 0.25) is 10.0 Å². The van der Waals surface area contributed by atoms with Gasteiger partial charge in [-0.2, -0.15) is 0 Å². The van der Waals surface area contributed by atoms with E-state index in [1.54, 1.807) is 17.5 Å². The predicted octanol–water partition coefficient (Wildman–Crippen LogP) is 1.43. The van der Waals surface area contributed by atoms with Crippen molar-refractivity contribution in [1.29, 1.82) is 0 Å². The monoisotopic (exact) mass is 424 g/mol. The maximum Gasteiger partial charge on any atom is 0.270 e. The highest BCUT2D eigenvalue weighted by Crippen LogP contribution is 2.15. The molecule has 7 nitrogen and oxygen atoms in total. The van der Waals surface area contributed by atoms with E-state index in [2.05, 4.69) is 15.0 Å². The normalized spacial score (nSPS) is 11.0. The van der Waals surface area contributed by atoms with Crippen LogP contribution >= 0.6 is 35.3 Å². The smallest absolute Gasteiger partial charge is 0.270 e. The summed E-state index contributed by atoms with van der Waals surface area (Å²) in [6.45, 7) is 0.669. The lowest BCUT2D eigenvalue weighted by Crippen LogP contribution is -2.34. The van der Waals surface area contributed by atoms with E-state index in [4.69, 9.17) is 17.3 Å². The minimum atomic E-state index is -3.66. The van der Waals surface area contributed by atoms with E-state index in [1.165, 1.54) is 23.5 Å². The Morgan fingerprint density at radius 1 is 1.32 bits per heavy atom. The van der Waals surface area contributed by atoms with E-state index in [0.29, 0.717) is 23.7 Å². The Labute approximate surface area is 161 Å². The number of amides is 1. The van der Waals surface area contributed by atoms with Crippen molar-refractivity contribution in [2.24, 2.45) is 5.73 Å². The number of benzene rings is 1. The van der Waals surface area contributed by atoms with Crippen LogP contribution in [0.5, 0.6) is 0 Å². The average molecular weight is 425 g/mol. The Hall–Kier alpha value is -1.23. The van der Waals surface area contributed by atoms with Crippen molar-refractivity contribution in [2.75, 3.05) is 19.6 Å². The molecule has 0 fully saturated rings. The zero-order chi connectivity index (χ0) is 17.6. The molecule has 0 aliphatic carbocycles. The van der Waals surface area contributed by atoms with Crippen LogP contribution in [0.3, 0.4) is 0 Å². The summed E-state index contributed by atoms with van der Waals surface area (Å²) in [4.78, 5) is 16.1. The number of hydrogen-bond donors (Lipinski definition) is 3. The molecule has 0 aliphatic heterocycles. The third-order valence-electron chi connectivity index (χ3n) is 2.95. The summed E-state index contributed by atoms with van der Waals surface area (Å²) >= 11 is 7.15. The standard InChI is InChI=1S/C14H17ClN4O3S2.ClH/c15-10-2-1-3-11(8-10)24(21,22)18-7-6-17-14(20)12-9-23-13(19-12)4-5-16;/h1-3,8-9,18H,4-7,16H2,(H,17,20);1H. The molecule has 4 N–H and O–H groups in total. The second-order valence-electron chi connectivity index (χ2n) is 4.78.